The largest absolute Gasteiger partial charge is 0.490 e. The van der Waals surface area contributed by atoms with Gasteiger partial charge in [0.05, 0.1) is 0 Å². The first-order valence-corrected chi connectivity index (χ1v) is 9.29. The fourth-order valence-corrected chi connectivity index (χ4v) is 3.32. The number of hydrogen-bond acceptors (Lipinski definition) is 3. The standard InChI is InChI=1S/C21H25FN2O3/c1-15-13-18(14-21(26)23(15)2)27-17-9-11-24(12-10-17)20(25)8-7-16-5-3-4-6-19(16)22/h3-6,13-14,17H,7-12H2,1-2H3. The number of rotatable bonds is 5. The van der Waals surface area contributed by atoms with Gasteiger partial charge < -0.3 is 14.2 Å². The number of aromatic nitrogens is 1. The van der Waals surface area contributed by atoms with Crippen LogP contribution in [0.2, 0.25) is 0 Å². The van der Waals surface area contributed by atoms with E-state index >= 15 is 0 Å². The van der Waals surface area contributed by atoms with Crippen LogP contribution in [0.15, 0.2) is 41.2 Å². The maximum atomic E-state index is 13.7. The molecule has 3 rings (SSSR count). The van der Waals surface area contributed by atoms with Gasteiger partial charge in [-0.1, -0.05) is 18.2 Å². The number of carbonyl (C=O) groups excluding carboxylic acids is 1. The highest BCUT2D eigenvalue weighted by atomic mass is 19.1. The summed E-state index contributed by atoms with van der Waals surface area (Å²) in [6, 6.07) is 9.92. The zero-order valence-electron chi connectivity index (χ0n) is 15.8. The number of ether oxygens (including phenoxy) is 1. The Morgan fingerprint density at radius 2 is 1.93 bits per heavy atom. The molecule has 0 spiro atoms. The number of likely N-dealkylation sites (tertiary alicyclic amines) is 1. The lowest BCUT2D eigenvalue weighted by atomic mass is 10.1. The molecule has 144 valence electrons. The first-order valence-electron chi connectivity index (χ1n) is 9.29. The van der Waals surface area contributed by atoms with E-state index in [4.69, 9.17) is 4.74 Å². The smallest absolute Gasteiger partial charge is 0.254 e. The topological polar surface area (TPSA) is 51.5 Å². The third-order valence-electron chi connectivity index (χ3n) is 5.14. The van der Waals surface area contributed by atoms with Crippen LogP contribution >= 0.6 is 0 Å². The summed E-state index contributed by atoms with van der Waals surface area (Å²) in [7, 11) is 1.73. The van der Waals surface area contributed by atoms with E-state index in [1.807, 2.05) is 17.9 Å². The Hall–Kier alpha value is -2.63. The molecule has 0 radical (unpaired) electrons. The summed E-state index contributed by atoms with van der Waals surface area (Å²) in [4.78, 5) is 26.1. The third kappa shape index (κ3) is 4.76. The second kappa shape index (κ2) is 8.37. The third-order valence-corrected chi connectivity index (χ3v) is 5.14. The molecule has 0 unspecified atom stereocenters. The van der Waals surface area contributed by atoms with E-state index in [1.165, 1.54) is 12.1 Å². The Labute approximate surface area is 158 Å². The first kappa shape index (κ1) is 19.1. The maximum Gasteiger partial charge on any atom is 0.254 e. The molecule has 0 aliphatic carbocycles. The average Bonchev–Trinajstić information content (AvgIpc) is 2.66. The van der Waals surface area contributed by atoms with Crippen molar-refractivity contribution in [3.8, 4) is 5.75 Å². The summed E-state index contributed by atoms with van der Waals surface area (Å²) < 4.78 is 21.2. The SMILES string of the molecule is Cc1cc(OC2CCN(C(=O)CCc3ccccc3F)CC2)cc(=O)n1C. The number of amides is 1. The van der Waals surface area contributed by atoms with Crippen molar-refractivity contribution in [2.75, 3.05) is 13.1 Å². The van der Waals surface area contributed by atoms with Gasteiger partial charge in [-0.3, -0.25) is 9.59 Å². The Bertz CT molecular complexity index is 870. The van der Waals surface area contributed by atoms with Crippen molar-refractivity contribution in [1.29, 1.82) is 0 Å². The van der Waals surface area contributed by atoms with E-state index in [-0.39, 0.29) is 23.4 Å². The zero-order chi connectivity index (χ0) is 19.4. The lowest BCUT2D eigenvalue weighted by Crippen LogP contribution is -2.42. The second-order valence-electron chi connectivity index (χ2n) is 7.02. The van der Waals surface area contributed by atoms with Gasteiger partial charge in [0.1, 0.15) is 17.7 Å². The van der Waals surface area contributed by atoms with E-state index in [0.717, 1.165) is 18.5 Å². The number of pyridine rings is 1. The minimum Gasteiger partial charge on any atom is -0.490 e. The highest BCUT2D eigenvalue weighted by molar-refractivity contribution is 5.76. The number of benzene rings is 1. The van der Waals surface area contributed by atoms with Crippen molar-refractivity contribution < 1.29 is 13.9 Å². The van der Waals surface area contributed by atoms with Gasteiger partial charge >= 0.3 is 0 Å². The van der Waals surface area contributed by atoms with Crippen molar-refractivity contribution >= 4 is 5.91 Å². The molecule has 27 heavy (non-hydrogen) atoms. The highest BCUT2D eigenvalue weighted by Gasteiger charge is 2.24. The predicted octanol–water partition coefficient (Wildman–Crippen LogP) is 2.84. The second-order valence-corrected chi connectivity index (χ2v) is 7.02. The summed E-state index contributed by atoms with van der Waals surface area (Å²) >= 11 is 0. The Kier molecular flexibility index (Phi) is 5.94. The minimum atomic E-state index is -0.262. The summed E-state index contributed by atoms with van der Waals surface area (Å²) in [5, 5.41) is 0. The number of hydrogen-bond donors (Lipinski definition) is 0. The molecule has 1 aromatic carbocycles. The number of carbonyl (C=O) groups is 1. The van der Waals surface area contributed by atoms with Gasteiger partial charge in [0.2, 0.25) is 5.91 Å². The monoisotopic (exact) mass is 372 g/mol. The molecule has 0 N–H and O–H groups in total. The van der Waals surface area contributed by atoms with Gasteiger partial charge in [-0.25, -0.2) is 4.39 Å². The molecule has 1 amide bonds. The lowest BCUT2D eigenvalue weighted by Gasteiger charge is -2.32. The number of aryl methyl sites for hydroxylation is 2. The fourth-order valence-electron chi connectivity index (χ4n) is 3.32. The lowest BCUT2D eigenvalue weighted by molar-refractivity contribution is -0.132. The fraction of sp³-hybridized carbons (Fsp3) is 0.429. The Morgan fingerprint density at radius 3 is 2.59 bits per heavy atom. The van der Waals surface area contributed by atoms with Crippen LogP contribution in [0, 0.1) is 12.7 Å². The number of piperidine rings is 1. The van der Waals surface area contributed by atoms with E-state index < -0.39 is 0 Å². The molecular formula is C21H25FN2O3. The average molecular weight is 372 g/mol. The molecule has 1 aromatic heterocycles. The van der Waals surface area contributed by atoms with Crippen molar-refractivity contribution in [2.24, 2.45) is 7.05 Å². The molecule has 0 atom stereocenters. The first-order chi connectivity index (χ1) is 12.9. The van der Waals surface area contributed by atoms with Crippen LogP contribution < -0.4 is 10.3 Å². The number of halogens is 1. The van der Waals surface area contributed by atoms with Crippen molar-refractivity contribution in [1.82, 2.24) is 9.47 Å². The zero-order valence-corrected chi connectivity index (χ0v) is 15.8. The van der Waals surface area contributed by atoms with Crippen LogP contribution in [0.25, 0.3) is 0 Å². The molecule has 2 aromatic rings. The van der Waals surface area contributed by atoms with E-state index in [0.29, 0.717) is 37.2 Å². The Morgan fingerprint density at radius 1 is 1.22 bits per heavy atom. The van der Waals surface area contributed by atoms with E-state index in [1.54, 1.807) is 29.8 Å². The minimum absolute atomic E-state index is 0.00729. The van der Waals surface area contributed by atoms with E-state index in [2.05, 4.69) is 0 Å². The molecule has 0 saturated carbocycles. The molecule has 5 nitrogen and oxygen atoms in total. The summed E-state index contributed by atoms with van der Waals surface area (Å²) in [5.41, 5.74) is 1.33. The van der Waals surface area contributed by atoms with E-state index in [9.17, 15) is 14.0 Å². The Balaban J connectivity index is 1.49. The summed E-state index contributed by atoms with van der Waals surface area (Å²) in [5.74, 6) is 0.364. The van der Waals surface area contributed by atoms with Gasteiger partial charge in [0, 0.05) is 51.2 Å². The van der Waals surface area contributed by atoms with Crippen molar-refractivity contribution in [3.05, 3.63) is 63.8 Å². The van der Waals surface area contributed by atoms with Gasteiger partial charge in [0.25, 0.3) is 5.56 Å². The normalized spacial score (nSPS) is 15.0. The molecule has 1 fully saturated rings. The van der Waals surface area contributed by atoms with Gasteiger partial charge in [-0.05, 0) is 31.0 Å². The quantitative estimate of drug-likeness (QED) is 0.811. The molecule has 6 heteroatoms. The highest BCUT2D eigenvalue weighted by Crippen LogP contribution is 2.20. The van der Waals surface area contributed by atoms with Crippen LogP contribution in [0.5, 0.6) is 5.75 Å². The molecule has 1 saturated heterocycles. The molecular weight excluding hydrogens is 347 g/mol. The molecule has 1 aliphatic rings. The van der Waals surface area contributed by atoms with Crippen LogP contribution in [0.4, 0.5) is 4.39 Å². The van der Waals surface area contributed by atoms with Crippen LogP contribution in [-0.2, 0) is 18.3 Å². The van der Waals surface area contributed by atoms with Crippen molar-refractivity contribution in [2.45, 2.75) is 38.7 Å². The van der Waals surface area contributed by atoms with Gasteiger partial charge in [0.15, 0.2) is 0 Å². The maximum absolute atomic E-state index is 13.7. The van der Waals surface area contributed by atoms with Crippen LogP contribution in [-0.4, -0.2) is 34.6 Å². The molecule has 1 aliphatic heterocycles. The molecule has 0 bridgehead atoms. The van der Waals surface area contributed by atoms with Crippen LogP contribution in [0.1, 0.15) is 30.5 Å². The molecule has 2 heterocycles. The van der Waals surface area contributed by atoms with Gasteiger partial charge in [-0.15, -0.1) is 0 Å². The summed E-state index contributed by atoms with van der Waals surface area (Å²) in [6.45, 7) is 3.10. The predicted molar refractivity (Wildman–Crippen MR) is 101 cm³/mol. The van der Waals surface area contributed by atoms with Gasteiger partial charge in [-0.2, -0.15) is 0 Å². The van der Waals surface area contributed by atoms with Crippen LogP contribution in [0.3, 0.4) is 0 Å². The number of nitrogens with zero attached hydrogens (tertiary/aromatic N) is 2. The summed E-state index contributed by atoms with van der Waals surface area (Å²) in [6.07, 6.45) is 2.15. The van der Waals surface area contributed by atoms with Crippen molar-refractivity contribution in [3.63, 3.8) is 0 Å².